The Balaban J connectivity index is 1.02. The maximum Gasteiger partial charge on any atom is 0.407 e. The summed E-state index contributed by atoms with van der Waals surface area (Å²) < 4.78 is 21.6. The summed E-state index contributed by atoms with van der Waals surface area (Å²) in [5, 5.41) is 5.45. The first-order chi connectivity index (χ1) is 29.4. The van der Waals surface area contributed by atoms with Gasteiger partial charge in [-0.25, -0.2) is 19.6 Å². The summed E-state index contributed by atoms with van der Waals surface area (Å²) in [4.78, 5) is 72.6. The number of aromatic amines is 2. The number of hydrogen-bond acceptors (Lipinski definition) is 10. The van der Waals surface area contributed by atoms with Crippen molar-refractivity contribution in [1.29, 1.82) is 0 Å². The van der Waals surface area contributed by atoms with Gasteiger partial charge in [-0.2, -0.15) is 0 Å². The van der Waals surface area contributed by atoms with Crippen molar-refractivity contribution in [3.63, 3.8) is 0 Å². The van der Waals surface area contributed by atoms with Gasteiger partial charge in [-0.15, -0.1) is 0 Å². The van der Waals surface area contributed by atoms with E-state index in [2.05, 4.69) is 50.9 Å². The molecule has 2 fully saturated rings. The summed E-state index contributed by atoms with van der Waals surface area (Å²) in [5.74, 6) is 1.76. The number of methoxy groups -OCH3 is 3. The number of hydrogen-bond donors (Lipinski definition) is 4. The first-order valence-electron chi connectivity index (χ1n) is 21.2. The number of ether oxygens (including phenoxy) is 4. The first-order valence-corrected chi connectivity index (χ1v) is 21.2. The van der Waals surface area contributed by atoms with E-state index in [0.29, 0.717) is 38.5 Å². The fourth-order valence-electron chi connectivity index (χ4n) is 9.44. The van der Waals surface area contributed by atoms with Crippen LogP contribution in [-0.4, -0.2) is 107 Å². The fourth-order valence-corrected chi connectivity index (χ4v) is 9.44. The summed E-state index contributed by atoms with van der Waals surface area (Å²) in [6.45, 7) is 9.59. The normalized spacial score (nSPS) is 20.0. The average molecular weight is 837 g/mol. The van der Waals surface area contributed by atoms with Gasteiger partial charge in [0.1, 0.15) is 36.1 Å². The van der Waals surface area contributed by atoms with Crippen LogP contribution < -0.4 is 15.4 Å². The summed E-state index contributed by atoms with van der Waals surface area (Å²) in [6, 6.07) is 8.70. The summed E-state index contributed by atoms with van der Waals surface area (Å²) in [6.07, 6.45) is 4.42. The van der Waals surface area contributed by atoms with Gasteiger partial charge in [-0.1, -0.05) is 39.8 Å². The number of imidazole rings is 2. The van der Waals surface area contributed by atoms with Crippen molar-refractivity contribution in [3.05, 3.63) is 65.0 Å². The van der Waals surface area contributed by atoms with E-state index < -0.39 is 24.3 Å². The van der Waals surface area contributed by atoms with Crippen LogP contribution in [0.3, 0.4) is 0 Å². The Kier molecular flexibility index (Phi) is 11.8. The number of nitrogens with one attached hydrogen (secondary N) is 4. The highest BCUT2D eigenvalue weighted by molar-refractivity contribution is 5.88. The predicted octanol–water partition coefficient (Wildman–Crippen LogP) is 6.09. The van der Waals surface area contributed by atoms with Gasteiger partial charge in [0.15, 0.2) is 0 Å². The van der Waals surface area contributed by atoms with E-state index in [1.54, 1.807) is 7.11 Å². The van der Waals surface area contributed by atoms with Crippen LogP contribution in [0.2, 0.25) is 0 Å². The van der Waals surface area contributed by atoms with E-state index in [4.69, 9.17) is 28.9 Å². The van der Waals surface area contributed by atoms with Crippen molar-refractivity contribution in [2.45, 2.75) is 90.6 Å². The Morgan fingerprint density at radius 3 is 2.25 bits per heavy atom. The Bertz CT molecular complexity index is 2320. The molecule has 4 N–H and O–H groups in total. The molecule has 5 atom stereocenters. The smallest absolute Gasteiger partial charge is 0.407 e. The van der Waals surface area contributed by atoms with Crippen molar-refractivity contribution in [2.24, 2.45) is 17.8 Å². The van der Waals surface area contributed by atoms with Crippen LogP contribution in [0.25, 0.3) is 33.6 Å². The zero-order chi connectivity index (χ0) is 43.1. The number of rotatable bonds is 11. The van der Waals surface area contributed by atoms with E-state index in [1.807, 2.05) is 43.7 Å². The molecule has 0 spiro atoms. The molecule has 4 amide bonds. The number of alkyl carbamates (subject to hydrolysis) is 2. The Hall–Kier alpha value is -5.90. The SMILES string of the molecule is COC[C@H]1C[C@@H](c2nc3c([nH]2)CCc2cc4c(cc2-3)OCc2cc(-c3cnc([C@@H]5CCCN5C(=O)[C@@H](NC(=O)OC)C(C)C)[nH]3)ccc2-4)N(C(=O)[C@@H](NC(=O)OC)C(C)C)C1. The molecule has 5 heterocycles. The van der Waals surface area contributed by atoms with Gasteiger partial charge in [0.2, 0.25) is 11.8 Å². The molecule has 324 valence electrons. The molecule has 1 aliphatic carbocycles. The van der Waals surface area contributed by atoms with Gasteiger partial charge in [0, 0.05) is 42.9 Å². The standard InChI is InChI=1S/C45H56N8O8/c1-23(2)37(50-44(56)59-6)42(54)52-14-8-9-34(52)40-46-19-33(48-40)27-10-12-29-28(16-27)22-61-36-18-30-26(17-31(29)36)11-13-32-39(30)49-41(47-32)35-15-25(21-58-5)20-53(35)43(55)38(24(3)4)51-45(57)60-7/h10,12,16-19,23-25,34-35,37-38H,8-9,11,13-15,20-22H2,1-7H3,(H,46,48)(H,47,49)(H,50,56)(H,51,57)/t25-,34-,35-,37-,38-/m0/s1. The Labute approximate surface area is 355 Å². The van der Waals surface area contributed by atoms with Crippen LogP contribution >= 0.6 is 0 Å². The van der Waals surface area contributed by atoms with Crippen molar-refractivity contribution >= 4 is 24.0 Å². The molecule has 61 heavy (non-hydrogen) atoms. The molecule has 3 aliphatic heterocycles. The fraction of sp³-hybridized carbons (Fsp3) is 0.511. The largest absolute Gasteiger partial charge is 0.488 e. The molecule has 4 aliphatic rings. The van der Waals surface area contributed by atoms with Crippen LogP contribution in [0.4, 0.5) is 9.59 Å². The van der Waals surface area contributed by atoms with Crippen LogP contribution in [0.5, 0.6) is 5.75 Å². The number of amides is 4. The minimum atomic E-state index is -0.747. The van der Waals surface area contributed by atoms with Gasteiger partial charge in [-0.3, -0.25) is 9.59 Å². The minimum absolute atomic E-state index is 0.116. The lowest BCUT2D eigenvalue weighted by molar-refractivity contribution is -0.136. The van der Waals surface area contributed by atoms with Gasteiger partial charge >= 0.3 is 12.2 Å². The number of aryl methyl sites for hydroxylation is 2. The highest BCUT2D eigenvalue weighted by Gasteiger charge is 2.43. The lowest BCUT2D eigenvalue weighted by atomic mass is 9.86. The lowest BCUT2D eigenvalue weighted by Gasteiger charge is -2.30. The van der Waals surface area contributed by atoms with Gasteiger partial charge in [-0.05, 0) is 84.4 Å². The third kappa shape index (κ3) is 8.05. The topological polar surface area (TPSA) is 193 Å². The molecule has 2 aromatic heterocycles. The third-order valence-corrected chi connectivity index (χ3v) is 12.6. The molecule has 4 aromatic rings. The number of H-pyrrole nitrogens is 2. The monoisotopic (exact) mass is 836 g/mol. The highest BCUT2D eigenvalue weighted by Crippen LogP contribution is 2.46. The lowest BCUT2D eigenvalue weighted by Crippen LogP contribution is -2.51. The maximum absolute atomic E-state index is 14.1. The van der Waals surface area contributed by atoms with Crippen molar-refractivity contribution in [3.8, 4) is 39.4 Å². The molecule has 0 radical (unpaired) electrons. The van der Waals surface area contributed by atoms with E-state index in [-0.39, 0.29) is 41.7 Å². The molecule has 8 rings (SSSR count). The predicted molar refractivity (Wildman–Crippen MR) is 225 cm³/mol. The Morgan fingerprint density at radius 2 is 1.56 bits per heavy atom. The quantitative estimate of drug-likeness (QED) is 0.138. The highest BCUT2D eigenvalue weighted by atomic mass is 16.5. The number of benzene rings is 2. The zero-order valence-electron chi connectivity index (χ0n) is 35.9. The summed E-state index contributed by atoms with van der Waals surface area (Å²) >= 11 is 0. The van der Waals surface area contributed by atoms with Crippen LogP contribution in [0.1, 0.15) is 87.5 Å². The van der Waals surface area contributed by atoms with Gasteiger partial charge < -0.3 is 49.3 Å². The van der Waals surface area contributed by atoms with Crippen LogP contribution in [0, 0.1) is 17.8 Å². The third-order valence-electron chi connectivity index (χ3n) is 12.6. The average Bonchev–Trinajstić information content (AvgIpc) is 4.09. The molecule has 0 bridgehead atoms. The molecule has 2 saturated heterocycles. The Morgan fingerprint density at radius 1 is 0.836 bits per heavy atom. The number of likely N-dealkylation sites (tertiary alicyclic amines) is 2. The number of nitrogens with zero attached hydrogens (tertiary/aromatic N) is 4. The van der Waals surface area contributed by atoms with E-state index in [9.17, 15) is 19.2 Å². The summed E-state index contributed by atoms with van der Waals surface area (Å²) in [7, 11) is 4.25. The number of fused-ring (bicyclic) bond motifs is 6. The van der Waals surface area contributed by atoms with E-state index in [0.717, 1.165) is 82.2 Å². The van der Waals surface area contributed by atoms with E-state index >= 15 is 0 Å². The zero-order valence-corrected chi connectivity index (χ0v) is 35.9. The number of carbonyl (C=O) groups excluding carboxylic acids is 4. The molecule has 16 nitrogen and oxygen atoms in total. The molecular formula is C45H56N8O8. The van der Waals surface area contributed by atoms with Crippen molar-refractivity contribution < 1.29 is 38.1 Å². The van der Waals surface area contributed by atoms with Crippen LogP contribution in [0.15, 0.2) is 36.5 Å². The second kappa shape index (κ2) is 17.2. The first kappa shape index (κ1) is 41.8. The van der Waals surface area contributed by atoms with Gasteiger partial charge in [0.25, 0.3) is 0 Å². The molecule has 16 heteroatoms. The van der Waals surface area contributed by atoms with Crippen molar-refractivity contribution in [2.75, 3.05) is 41.0 Å². The number of aromatic nitrogens is 4. The van der Waals surface area contributed by atoms with Crippen LogP contribution in [-0.2, 0) is 43.2 Å². The molecule has 0 saturated carbocycles. The summed E-state index contributed by atoms with van der Waals surface area (Å²) in [5.41, 5.74) is 9.11. The molecule has 2 aromatic carbocycles. The van der Waals surface area contributed by atoms with Crippen molar-refractivity contribution in [1.82, 2.24) is 40.4 Å². The number of carbonyl (C=O) groups is 4. The van der Waals surface area contributed by atoms with E-state index in [1.165, 1.54) is 19.8 Å². The second-order valence-corrected chi connectivity index (χ2v) is 17.3. The minimum Gasteiger partial charge on any atom is -0.488 e. The second-order valence-electron chi connectivity index (χ2n) is 17.3. The molecule has 0 unspecified atom stereocenters. The maximum atomic E-state index is 14.1. The molecular weight excluding hydrogens is 781 g/mol. The van der Waals surface area contributed by atoms with Gasteiger partial charge in [0.05, 0.1) is 50.5 Å².